The van der Waals surface area contributed by atoms with Gasteiger partial charge in [0, 0.05) is 0 Å². The molecule has 1 aromatic carbocycles. The largest absolute Gasteiger partial charge is 0.461 e. The number of hydrogen-bond acceptors (Lipinski definition) is 4. The number of aromatic nitrogens is 1. The smallest absolute Gasteiger partial charge is 0.359 e. The van der Waals surface area contributed by atoms with Gasteiger partial charge in [0.15, 0.2) is 5.69 Å². The van der Waals surface area contributed by atoms with Crippen LogP contribution in [0.4, 0.5) is 0 Å². The molecule has 2 aromatic rings. The van der Waals surface area contributed by atoms with E-state index in [1.165, 1.54) is 16.9 Å². The Morgan fingerprint density at radius 1 is 1.18 bits per heavy atom. The Morgan fingerprint density at radius 2 is 1.91 bits per heavy atom. The molecule has 0 bridgehead atoms. The van der Waals surface area contributed by atoms with Gasteiger partial charge in [-0.2, -0.15) is 0 Å². The lowest BCUT2D eigenvalue weighted by Crippen LogP contribution is -2.05. The van der Waals surface area contributed by atoms with E-state index in [0.717, 1.165) is 37.1 Å². The molecule has 2 rings (SSSR count). The fourth-order valence-corrected chi connectivity index (χ4v) is 3.40. The van der Waals surface area contributed by atoms with E-state index >= 15 is 0 Å². The summed E-state index contributed by atoms with van der Waals surface area (Å²) in [7, 11) is 0. The average Bonchev–Trinajstić information content (AvgIpc) is 2.89. The molecule has 0 saturated heterocycles. The van der Waals surface area contributed by atoms with Crippen molar-refractivity contribution in [3.8, 4) is 0 Å². The molecule has 0 N–H and O–H groups in total. The van der Waals surface area contributed by atoms with E-state index in [4.69, 9.17) is 16.3 Å². The van der Waals surface area contributed by atoms with E-state index in [-0.39, 0.29) is 5.69 Å². The molecule has 1 heterocycles. The molecular weight excluding hydrogens is 318 g/mol. The number of rotatable bonds is 8. The molecule has 0 spiro atoms. The molecule has 118 valence electrons. The van der Waals surface area contributed by atoms with Crippen LogP contribution in [0.2, 0.25) is 4.34 Å². The van der Waals surface area contributed by atoms with Gasteiger partial charge in [0.25, 0.3) is 0 Å². The SMILES string of the molecule is CCOC(=O)c1nc(CCCCCc2ccccc2)sc1Cl. The third-order valence-electron chi connectivity index (χ3n) is 3.30. The molecule has 0 aliphatic carbocycles. The van der Waals surface area contributed by atoms with Crippen molar-refractivity contribution in [2.75, 3.05) is 6.61 Å². The van der Waals surface area contributed by atoms with Crippen LogP contribution in [0.1, 0.15) is 47.2 Å². The quantitative estimate of drug-likeness (QED) is 0.506. The van der Waals surface area contributed by atoms with Gasteiger partial charge in [-0.3, -0.25) is 0 Å². The van der Waals surface area contributed by atoms with Gasteiger partial charge in [-0.25, -0.2) is 9.78 Å². The second-order valence-corrected chi connectivity index (χ2v) is 6.68. The van der Waals surface area contributed by atoms with Crippen LogP contribution in [0.15, 0.2) is 30.3 Å². The number of esters is 1. The van der Waals surface area contributed by atoms with E-state index in [2.05, 4.69) is 29.2 Å². The first kappa shape index (κ1) is 17.0. The number of benzene rings is 1. The summed E-state index contributed by atoms with van der Waals surface area (Å²) in [6.07, 6.45) is 5.32. The lowest BCUT2D eigenvalue weighted by atomic mass is 10.1. The van der Waals surface area contributed by atoms with E-state index < -0.39 is 5.97 Å². The van der Waals surface area contributed by atoms with Gasteiger partial charge in [0.2, 0.25) is 0 Å². The number of halogens is 1. The Labute approximate surface area is 140 Å². The van der Waals surface area contributed by atoms with E-state index in [0.29, 0.717) is 10.9 Å². The Balaban J connectivity index is 1.73. The summed E-state index contributed by atoms with van der Waals surface area (Å²) in [6.45, 7) is 2.10. The molecule has 1 aromatic heterocycles. The zero-order valence-corrected chi connectivity index (χ0v) is 14.3. The molecule has 0 fully saturated rings. The van der Waals surface area contributed by atoms with Gasteiger partial charge in [-0.1, -0.05) is 48.4 Å². The van der Waals surface area contributed by atoms with Gasteiger partial charge < -0.3 is 4.74 Å². The maximum atomic E-state index is 11.6. The molecule has 0 aliphatic heterocycles. The van der Waals surface area contributed by atoms with Crippen LogP contribution in [0.25, 0.3) is 0 Å². The topological polar surface area (TPSA) is 39.2 Å². The molecule has 0 saturated carbocycles. The highest BCUT2D eigenvalue weighted by molar-refractivity contribution is 7.16. The van der Waals surface area contributed by atoms with Crippen LogP contribution < -0.4 is 0 Å². The molecule has 5 heteroatoms. The van der Waals surface area contributed by atoms with Gasteiger partial charge in [-0.15, -0.1) is 11.3 Å². The predicted octanol–water partition coefficient (Wildman–Crippen LogP) is 4.93. The van der Waals surface area contributed by atoms with Crippen LogP contribution in [0.3, 0.4) is 0 Å². The Morgan fingerprint density at radius 3 is 2.64 bits per heavy atom. The molecule has 0 aliphatic rings. The summed E-state index contributed by atoms with van der Waals surface area (Å²) in [5.74, 6) is -0.431. The second kappa shape index (κ2) is 8.91. The fourth-order valence-electron chi connectivity index (χ4n) is 2.20. The minimum absolute atomic E-state index is 0.257. The van der Waals surface area contributed by atoms with Gasteiger partial charge in [-0.05, 0) is 38.2 Å². The van der Waals surface area contributed by atoms with Crippen LogP contribution in [0, 0.1) is 0 Å². The highest BCUT2D eigenvalue weighted by Gasteiger charge is 2.17. The monoisotopic (exact) mass is 337 g/mol. The highest BCUT2D eigenvalue weighted by atomic mass is 35.5. The summed E-state index contributed by atoms with van der Waals surface area (Å²) in [5, 5.41) is 0.910. The first-order valence-corrected chi connectivity index (χ1v) is 8.76. The van der Waals surface area contributed by atoms with Crippen molar-refractivity contribution < 1.29 is 9.53 Å². The van der Waals surface area contributed by atoms with Crippen LogP contribution in [-0.2, 0) is 17.6 Å². The van der Waals surface area contributed by atoms with Crippen LogP contribution in [-0.4, -0.2) is 17.6 Å². The third-order valence-corrected chi connectivity index (χ3v) is 4.61. The van der Waals surface area contributed by atoms with Crippen molar-refractivity contribution in [1.29, 1.82) is 0 Å². The summed E-state index contributed by atoms with van der Waals surface area (Å²) in [4.78, 5) is 15.9. The number of hydrogen-bond donors (Lipinski definition) is 0. The van der Waals surface area contributed by atoms with Crippen molar-refractivity contribution >= 4 is 28.9 Å². The Hall–Kier alpha value is -1.39. The van der Waals surface area contributed by atoms with Crippen molar-refractivity contribution in [1.82, 2.24) is 4.98 Å². The van der Waals surface area contributed by atoms with E-state index in [9.17, 15) is 4.79 Å². The Kier molecular flexibility index (Phi) is 6.87. The number of carbonyl (C=O) groups excluding carboxylic acids is 1. The number of unbranched alkanes of at least 4 members (excludes halogenated alkanes) is 2. The van der Waals surface area contributed by atoms with Crippen molar-refractivity contribution in [2.24, 2.45) is 0 Å². The molecular formula is C17H20ClNO2S. The third kappa shape index (κ3) is 5.11. The molecule has 0 unspecified atom stereocenters. The molecule has 0 amide bonds. The average molecular weight is 338 g/mol. The number of aryl methyl sites for hydroxylation is 2. The molecule has 3 nitrogen and oxygen atoms in total. The van der Waals surface area contributed by atoms with Crippen LogP contribution in [0.5, 0.6) is 0 Å². The zero-order chi connectivity index (χ0) is 15.8. The lowest BCUT2D eigenvalue weighted by molar-refractivity contribution is 0.0520. The van der Waals surface area contributed by atoms with E-state index in [1.807, 2.05) is 6.07 Å². The number of nitrogens with zero attached hydrogens (tertiary/aromatic N) is 1. The number of carbonyl (C=O) groups is 1. The summed E-state index contributed by atoms with van der Waals surface area (Å²) in [5.41, 5.74) is 1.64. The maximum absolute atomic E-state index is 11.6. The Bertz CT molecular complexity index is 598. The normalized spacial score (nSPS) is 10.6. The van der Waals surface area contributed by atoms with Gasteiger partial charge in [0.05, 0.1) is 11.6 Å². The minimum atomic E-state index is -0.431. The predicted molar refractivity (Wildman–Crippen MR) is 90.8 cm³/mol. The summed E-state index contributed by atoms with van der Waals surface area (Å²) < 4.78 is 5.36. The number of ether oxygens (including phenoxy) is 1. The molecule has 0 atom stereocenters. The summed E-state index contributed by atoms with van der Waals surface area (Å²) >= 11 is 7.43. The fraction of sp³-hybridized carbons (Fsp3) is 0.412. The molecule has 0 radical (unpaired) electrons. The zero-order valence-electron chi connectivity index (χ0n) is 12.7. The second-order valence-electron chi connectivity index (χ2n) is 5.00. The minimum Gasteiger partial charge on any atom is -0.461 e. The van der Waals surface area contributed by atoms with Crippen molar-refractivity contribution in [3.05, 3.63) is 50.9 Å². The first-order chi connectivity index (χ1) is 10.7. The lowest BCUT2D eigenvalue weighted by Gasteiger charge is -2.01. The van der Waals surface area contributed by atoms with E-state index in [1.54, 1.807) is 6.92 Å². The van der Waals surface area contributed by atoms with Crippen LogP contribution >= 0.6 is 22.9 Å². The standard InChI is InChI=1S/C17H20ClNO2S/c1-2-21-17(20)15-16(18)22-14(19-15)12-8-4-7-11-13-9-5-3-6-10-13/h3,5-6,9-10H,2,4,7-8,11-12H2,1H3. The maximum Gasteiger partial charge on any atom is 0.359 e. The van der Waals surface area contributed by atoms with Crippen molar-refractivity contribution in [3.63, 3.8) is 0 Å². The summed E-state index contributed by atoms with van der Waals surface area (Å²) in [6, 6.07) is 10.5. The van der Waals surface area contributed by atoms with Crippen molar-refractivity contribution in [2.45, 2.75) is 39.0 Å². The molecule has 22 heavy (non-hydrogen) atoms. The van der Waals surface area contributed by atoms with Gasteiger partial charge in [0.1, 0.15) is 4.34 Å². The first-order valence-electron chi connectivity index (χ1n) is 7.57. The van der Waals surface area contributed by atoms with Gasteiger partial charge >= 0.3 is 5.97 Å². The number of thiazole rings is 1. The highest BCUT2D eigenvalue weighted by Crippen LogP contribution is 2.26.